The molecule has 0 radical (unpaired) electrons. The molecule has 0 saturated heterocycles. The maximum absolute atomic E-state index is 12.2. The van der Waals surface area contributed by atoms with Gasteiger partial charge in [0.2, 0.25) is 0 Å². The second kappa shape index (κ2) is 5.38. The van der Waals surface area contributed by atoms with Gasteiger partial charge >= 0.3 is 5.69 Å². The number of thiophene rings is 1. The lowest BCUT2D eigenvalue weighted by atomic mass is 10.1. The van der Waals surface area contributed by atoms with Crippen molar-refractivity contribution < 1.29 is 9.72 Å². The second-order valence-corrected chi connectivity index (χ2v) is 5.83. The van der Waals surface area contributed by atoms with Crippen molar-refractivity contribution in [1.82, 2.24) is 4.57 Å². The molecular weight excluding hydrogens is 280 g/mol. The van der Waals surface area contributed by atoms with Crippen LogP contribution in [-0.2, 0) is 6.54 Å². The molecule has 2 rings (SSSR count). The Morgan fingerprint density at radius 3 is 2.70 bits per heavy atom. The third-order valence-corrected chi connectivity index (χ3v) is 3.79. The van der Waals surface area contributed by atoms with E-state index in [1.165, 1.54) is 22.1 Å². The normalized spacial score (nSPS) is 10.5. The van der Waals surface area contributed by atoms with Gasteiger partial charge in [-0.2, -0.15) is 0 Å². The Kier molecular flexibility index (Phi) is 3.80. The number of nitrogens with zero attached hydrogens (tertiary/aromatic N) is 2. The molecule has 2 heterocycles. The number of aryl methyl sites for hydroxylation is 2. The first-order valence-electron chi connectivity index (χ1n) is 5.83. The summed E-state index contributed by atoms with van der Waals surface area (Å²) < 4.78 is 1.36. The van der Waals surface area contributed by atoms with Gasteiger partial charge in [-0.1, -0.05) is 0 Å². The van der Waals surface area contributed by atoms with E-state index in [1.54, 1.807) is 6.07 Å². The fourth-order valence-corrected chi connectivity index (χ4v) is 2.85. The Labute approximate surface area is 118 Å². The summed E-state index contributed by atoms with van der Waals surface area (Å²) in [6, 6.07) is 2.90. The highest BCUT2D eigenvalue weighted by atomic mass is 32.1. The minimum Gasteiger partial charge on any atom is -0.340 e. The Hall–Kier alpha value is -2.28. The number of ketones is 1. The van der Waals surface area contributed by atoms with Gasteiger partial charge in [-0.05, 0) is 19.9 Å². The lowest BCUT2D eigenvalue weighted by Crippen LogP contribution is -2.15. The van der Waals surface area contributed by atoms with Crippen molar-refractivity contribution in [1.29, 1.82) is 0 Å². The summed E-state index contributed by atoms with van der Waals surface area (Å²) in [5, 5.41) is 10.7. The van der Waals surface area contributed by atoms with Crippen LogP contribution in [-0.4, -0.2) is 15.3 Å². The first-order chi connectivity index (χ1) is 9.38. The van der Waals surface area contributed by atoms with E-state index in [2.05, 4.69) is 0 Å². The van der Waals surface area contributed by atoms with Crippen LogP contribution in [0.15, 0.2) is 29.3 Å². The minimum atomic E-state index is -0.747. The van der Waals surface area contributed by atoms with Crippen molar-refractivity contribution in [3.63, 3.8) is 0 Å². The zero-order chi connectivity index (χ0) is 14.9. The highest BCUT2D eigenvalue weighted by molar-refractivity contribution is 7.12. The molecule has 0 fully saturated rings. The molecule has 0 aliphatic rings. The van der Waals surface area contributed by atoms with Crippen LogP contribution >= 0.6 is 11.3 Å². The molecule has 0 N–H and O–H groups in total. The Morgan fingerprint density at radius 2 is 2.15 bits per heavy atom. The summed E-state index contributed by atoms with van der Waals surface area (Å²) in [5.41, 5.74) is -0.575. The summed E-state index contributed by atoms with van der Waals surface area (Å²) in [6.45, 7) is 3.75. The predicted molar refractivity (Wildman–Crippen MR) is 75.5 cm³/mol. The van der Waals surface area contributed by atoms with Gasteiger partial charge < -0.3 is 4.57 Å². The van der Waals surface area contributed by atoms with Gasteiger partial charge in [0.15, 0.2) is 5.78 Å². The van der Waals surface area contributed by atoms with E-state index < -0.39 is 16.0 Å². The summed E-state index contributed by atoms with van der Waals surface area (Å²) >= 11 is 1.53. The first kappa shape index (κ1) is 14.1. The van der Waals surface area contributed by atoms with E-state index in [4.69, 9.17) is 0 Å². The number of pyridine rings is 1. The molecule has 0 saturated carbocycles. The van der Waals surface area contributed by atoms with E-state index >= 15 is 0 Å². The third kappa shape index (κ3) is 2.83. The molecule has 0 aliphatic carbocycles. The third-order valence-electron chi connectivity index (χ3n) is 2.82. The summed E-state index contributed by atoms with van der Waals surface area (Å²) in [5.74, 6) is -0.134. The maximum atomic E-state index is 12.2. The molecule has 0 spiro atoms. The van der Waals surface area contributed by atoms with Gasteiger partial charge in [-0.15, -0.1) is 11.3 Å². The van der Waals surface area contributed by atoms with Crippen LogP contribution in [0.1, 0.15) is 20.1 Å². The van der Waals surface area contributed by atoms with Gasteiger partial charge in [0.25, 0.3) is 5.43 Å². The molecular formula is C13H12N2O4S. The molecule has 0 amide bonds. The Bertz CT molecular complexity index is 745. The molecule has 0 bridgehead atoms. The first-order valence-corrected chi connectivity index (χ1v) is 6.65. The van der Waals surface area contributed by atoms with Crippen molar-refractivity contribution in [3.05, 3.63) is 60.2 Å². The number of rotatable bonds is 4. The second-order valence-electron chi connectivity index (χ2n) is 4.37. The van der Waals surface area contributed by atoms with Gasteiger partial charge in [-0.25, -0.2) is 0 Å². The number of Topliss-reactive ketones (excluding diaryl/α,β-unsaturated/α-hetero) is 1. The van der Waals surface area contributed by atoms with Crippen LogP contribution in [0.4, 0.5) is 5.69 Å². The number of hydrogen-bond acceptors (Lipinski definition) is 5. The average molecular weight is 292 g/mol. The lowest BCUT2D eigenvalue weighted by molar-refractivity contribution is -0.386. The molecule has 6 nitrogen and oxygen atoms in total. The molecule has 0 unspecified atom stereocenters. The lowest BCUT2D eigenvalue weighted by Gasteiger charge is -2.04. The molecule has 104 valence electrons. The van der Waals surface area contributed by atoms with Crippen molar-refractivity contribution in [3.8, 4) is 0 Å². The van der Waals surface area contributed by atoms with Crippen molar-refractivity contribution in [2.24, 2.45) is 0 Å². The molecule has 7 heteroatoms. The zero-order valence-electron chi connectivity index (χ0n) is 11.0. The predicted octanol–water partition coefficient (Wildman–Crippen LogP) is 2.32. The van der Waals surface area contributed by atoms with Crippen molar-refractivity contribution in [2.45, 2.75) is 20.4 Å². The average Bonchev–Trinajstić information content (AvgIpc) is 2.70. The van der Waals surface area contributed by atoms with Crippen LogP contribution in [0.25, 0.3) is 0 Å². The fraction of sp³-hybridized carbons (Fsp3) is 0.231. The van der Waals surface area contributed by atoms with Gasteiger partial charge in [0.1, 0.15) is 0 Å². The van der Waals surface area contributed by atoms with Crippen LogP contribution in [0, 0.1) is 24.0 Å². The molecule has 0 aliphatic heterocycles. The monoisotopic (exact) mass is 292 g/mol. The molecule has 20 heavy (non-hydrogen) atoms. The highest BCUT2D eigenvalue weighted by Gasteiger charge is 2.15. The van der Waals surface area contributed by atoms with E-state index in [1.807, 2.05) is 13.8 Å². The fourth-order valence-electron chi connectivity index (χ4n) is 1.91. The van der Waals surface area contributed by atoms with Crippen molar-refractivity contribution >= 4 is 22.8 Å². The highest BCUT2D eigenvalue weighted by Crippen LogP contribution is 2.21. The van der Waals surface area contributed by atoms with E-state index in [0.29, 0.717) is 5.56 Å². The Morgan fingerprint density at radius 1 is 1.45 bits per heavy atom. The molecule has 0 aromatic carbocycles. The van der Waals surface area contributed by atoms with Crippen molar-refractivity contribution in [2.75, 3.05) is 0 Å². The number of aromatic nitrogens is 1. The van der Waals surface area contributed by atoms with Crippen LogP contribution in [0.3, 0.4) is 0 Å². The quantitative estimate of drug-likeness (QED) is 0.492. The topological polar surface area (TPSA) is 82.2 Å². The summed E-state index contributed by atoms with van der Waals surface area (Å²) in [4.78, 5) is 35.3. The van der Waals surface area contributed by atoms with Crippen LogP contribution < -0.4 is 5.43 Å². The van der Waals surface area contributed by atoms with E-state index in [0.717, 1.165) is 22.0 Å². The van der Waals surface area contributed by atoms with Crippen LogP contribution in [0.2, 0.25) is 0 Å². The minimum absolute atomic E-state index is 0.0296. The standard InChI is InChI=1S/C13H12N2O4S/c1-8-5-10(9(2)20-8)13(17)7-14-4-3-12(16)11(6-14)15(18)19/h3-6H,7H2,1-2H3. The van der Waals surface area contributed by atoms with Gasteiger partial charge in [0.05, 0.1) is 17.7 Å². The van der Waals surface area contributed by atoms with Crippen LogP contribution in [0.5, 0.6) is 0 Å². The molecule has 0 atom stereocenters. The summed E-state index contributed by atoms with van der Waals surface area (Å²) in [7, 11) is 0. The molecule has 2 aromatic rings. The zero-order valence-corrected chi connectivity index (χ0v) is 11.8. The largest absolute Gasteiger partial charge is 0.340 e. The van der Waals surface area contributed by atoms with Gasteiger partial charge in [-0.3, -0.25) is 19.7 Å². The Balaban J connectivity index is 2.29. The van der Waals surface area contributed by atoms with E-state index in [9.17, 15) is 19.7 Å². The number of hydrogen-bond donors (Lipinski definition) is 0. The number of nitro groups is 1. The van der Waals surface area contributed by atoms with E-state index in [-0.39, 0.29) is 12.3 Å². The molecule has 2 aromatic heterocycles. The smallest absolute Gasteiger partial charge is 0.332 e. The number of carbonyl (C=O) groups excluding carboxylic acids is 1. The number of carbonyl (C=O) groups is 1. The SMILES string of the molecule is Cc1cc(C(=O)Cn2ccc(=O)c([N+](=O)[O-])c2)c(C)s1. The summed E-state index contributed by atoms with van der Waals surface area (Å²) in [6.07, 6.45) is 2.47. The maximum Gasteiger partial charge on any atom is 0.332 e. The van der Waals surface area contributed by atoms with Gasteiger partial charge in [0, 0.05) is 27.6 Å².